The molecular weight excluding hydrogens is 280 g/mol. The summed E-state index contributed by atoms with van der Waals surface area (Å²) in [5.41, 5.74) is 5.62. The van der Waals surface area contributed by atoms with E-state index in [0.29, 0.717) is 19.5 Å². The predicted molar refractivity (Wildman–Crippen MR) is 77.9 cm³/mol. The number of nitrogens with one attached hydrogen (secondary N) is 1. The van der Waals surface area contributed by atoms with E-state index < -0.39 is 10.2 Å². The Labute approximate surface area is 121 Å². The molecule has 0 aromatic heterocycles. The van der Waals surface area contributed by atoms with Crippen LogP contribution >= 0.6 is 0 Å². The first-order valence-corrected chi connectivity index (χ1v) is 8.65. The Hall–Kier alpha value is -0.700. The number of nitrogens with two attached hydrogens (primary N) is 2. The maximum Gasteiger partial charge on any atom is 0.274 e. The van der Waals surface area contributed by atoms with E-state index in [2.05, 4.69) is 4.72 Å². The van der Waals surface area contributed by atoms with Crippen LogP contribution in [0.2, 0.25) is 0 Å². The molecule has 1 heterocycles. The quantitative estimate of drug-likeness (QED) is 0.581. The molecule has 0 aliphatic carbocycles. The zero-order valence-corrected chi connectivity index (χ0v) is 12.9. The van der Waals surface area contributed by atoms with Gasteiger partial charge >= 0.3 is 0 Å². The van der Waals surface area contributed by atoms with Crippen molar-refractivity contribution in [2.45, 2.75) is 32.6 Å². The van der Waals surface area contributed by atoms with Crippen molar-refractivity contribution >= 4 is 16.1 Å². The third-order valence-corrected chi connectivity index (χ3v) is 4.39. The molecule has 20 heavy (non-hydrogen) atoms. The highest BCUT2D eigenvalue weighted by atomic mass is 32.2. The third kappa shape index (κ3) is 6.17. The van der Waals surface area contributed by atoms with E-state index in [1.54, 1.807) is 0 Å². The topological polar surface area (TPSA) is 119 Å². The minimum Gasteiger partial charge on any atom is -0.342 e. The summed E-state index contributed by atoms with van der Waals surface area (Å²) in [5.74, 6) is 0.469. The number of carbonyl (C=O) groups excluding carboxylic acids is 1. The Morgan fingerprint density at radius 1 is 1.50 bits per heavy atom. The van der Waals surface area contributed by atoms with Gasteiger partial charge in [0.1, 0.15) is 0 Å². The van der Waals surface area contributed by atoms with Crippen LogP contribution < -0.4 is 15.6 Å². The number of piperidine rings is 1. The molecule has 7 nitrogen and oxygen atoms in total. The zero-order chi connectivity index (χ0) is 15.2. The van der Waals surface area contributed by atoms with Gasteiger partial charge in [-0.15, -0.1) is 0 Å². The summed E-state index contributed by atoms with van der Waals surface area (Å²) < 4.78 is 24.1. The normalized spacial score (nSPS) is 21.8. The number of rotatable bonds is 7. The molecule has 2 atom stereocenters. The van der Waals surface area contributed by atoms with Gasteiger partial charge in [-0.1, -0.05) is 13.3 Å². The second-order valence-electron chi connectivity index (χ2n) is 5.46. The molecule has 1 rings (SSSR count). The van der Waals surface area contributed by atoms with Gasteiger partial charge in [-0.2, -0.15) is 8.42 Å². The Morgan fingerprint density at radius 3 is 2.75 bits per heavy atom. The maximum absolute atomic E-state index is 12.2. The smallest absolute Gasteiger partial charge is 0.274 e. The van der Waals surface area contributed by atoms with Crippen molar-refractivity contribution in [3.05, 3.63) is 0 Å². The Bertz CT molecular complexity index is 409. The molecule has 1 saturated heterocycles. The molecule has 1 fully saturated rings. The number of likely N-dealkylation sites (tertiary alicyclic amines) is 1. The van der Waals surface area contributed by atoms with Crippen molar-refractivity contribution in [1.29, 1.82) is 0 Å². The van der Waals surface area contributed by atoms with Gasteiger partial charge in [0.15, 0.2) is 0 Å². The van der Waals surface area contributed by atoms with Crippen molar-refractivity contribution in [3.8, 4) is 0 Å². The second-order valence-corrected chi connectivity index (χ2v) is 6.83. The fourth-order valence-corrected chi connectivity index (χ4v) is 2.93. The molecule has 0 aromatic rings. The summed E-state index contributed by atoms with van der Waals surface area (Å²) >= 11 is 0. The largest absolute Gasteiger partial charge is 0.342 e. The van der Waals surface area contributed by atoms with Gasteiger partial charge in [-0.05, 0) is 31.2 Å². The summed E-state index contributed by atoms with van der Waals surface area (Å²) in [4.78, 5) is 14.0. The highest BCUT2D eigenvalue weighted by Gasteiger charge is 2.25. The van der Waals surface area contributed by atoms with Gasteiger partial charge < -0.3 is 10.6 Å². The molecule has 1 aliphatic rings. The molecular formula is C12H26N4O3S. The summed E-state index contributed by atoms with van der Waals surface area (Å²) in [6.07, 6.45) is 3.16. The van der Waals surface area contributed by atoms with Crippen molar-refractivity contribution in [2.75, 3.05) is 26.2 Å². The Morgan fingerprint density at radius 2 is 2.20 bits per heavy atom. The molecule has 0 aromatic carbocycles. The molecule has 2 unspecified atom stereocenters. The van der Waals surface area contributed by atoms with Crippen molar-refractivity contribution in [2.24, 2.45) is 22.7 Å². The monoisotopic (exact) mass is 306 g/mol. The summed E-state index contributed by atoms with van der Waals surface area (Å²) in [5, 5.41) is 4.92. The maximum atomic E-state index is 12.2. The first-order valence-electron chi connectivity index (χ1n) is 7.11. The number of amides is 1. The van der Waals surface area contributed by atoms with Crippen molar-refractivity contribution in [3.63, 3.8) is 0 Å². The van der Waals surface area contributed by atoms with Gasteiger partial charge in [-0.25, -0.2) is 9.86 Å². The van der Waals surface area contributed by atoms with E-state index in [-0.39, 0.29) is 24.3 Å². The van der Waals surface area contributed by atoms with Crippen LogP contribution in [0.1, 0.15) is 32.6 Å². The van der Waals surface area contributed by atoms with Crippen molar-refractivity contribution in [1.82, 2.24) is 9.62 Å². The fourth-order valence-electron chi connectivity index (χ4n) is 2.46. The lowest BCUT2D eigenvalue weighted by Crippen LogP contribution is -2.45. The number of hydrogen-bond acceptors (Lipinski definition) is 4. The molecule has 0 saturated carbocycles. The minimum atomic E-state index is -3.66. The van der Waals surface area contributed by atoms with Crippen LogP contribution in [0.15, 0.2) is 0 Å². The second kappa shape index (κ2) is 7.92. The zero-order valence-electron chi connectivity index (χ0n) is 12.0. The van der Waals surface area contributed by atoms with Crippen LogP contribution in [0.4, 0.5) is 0 Å². The molecule has 5 N–H and O–H groups in total. The molecule has 0 spiro atoms. The third-order valence-electron chi connectivity index (χ3n) is 3.82. The Kier molecular flexibility index (Phi) is 6.87. The highest BCUT2D eigenvalue weighted by molar-refractivity contribution is 7.87. The van der Waals surface area contributed by atoms with E-state index in [0.717, 1.165) is 25.8 Å². The molecule has 1 aliphatic heterocycles. The van der Waals surface area contributed by atoms with Gasteiger partial charge in [0.25, 0.3) is 10.2 Å². The SMILES string of the molecule is CCC(CN)CC(=O)N1CCCC(CNS(N)(=O)=O)C1. The first kappa shape index (κ1) is 17.4. The van der Waals surface area contributed by atoms with E-state index >= 15 is 0 Å². The van der Waals surface area contributed by atoms with Gasteiger partial charge in [0.2, 0.25) is 5.91 Å². The number of hydrogen-bond donors (Lipinski definition) is 3. The number of carbonyl (C=O) groups is 1. The average molecular weight is 306 g/mol. The van der Waals surface area contributed by atoms with Crippen LogP contribution in [-0.4, -0.2) is 45.4 Å². The van der Waals surface area contributed by atoms with Gasteiger partial charge in [-0.3, -0.25) is 4.79 Å². The molecule has 1 amide bonds. The van der Waals surface area contributed by atoms with E-state index in [1.165, 1.54) is 0 Å². The van der Waals surface area contributed by atoms with Gasteiger partial charge in [0.05, 0.1) is 0 Å². The lowest BCUT2D eigenvalue weighted by molar-refractivity contribution is -0.133. The van der Waals surface area contributed by atoms with Crippen LogP contribution in [-0.2, 0) is 15.0 Å². The lowest BCUT2D eigenvalue weighted by Gasteiger charge is -2.33. The Balaban J connectivity index is 2.45. The van der Waals surface area contributed by atoms with Crippen LogP contribution in [0, 0.1) is 11.8 Å². The predicted octanol–water partition coefficient (Wildman–Crippen LogP) is -0.607. The summed E-state index contributed by atoms with van der Waals surface area (Å²) in [6, 6.07) is 0. The molecule has 0 bridgehead atoms. The van der Waals surface area contributed by atoms with Crippen LogP contribution in [0.25, 0.3) is 0 Å². The number of nitrogens with zero attached hydrogens (tertiary/aromatic N) is 1. The highest BCUT2D eigenvalue weighted by Crippen LogP contribution is 2.18. The van der Waals surface area contributed by atoms with Crippen molar-refractivity contribution < 1.29 is 13.2 Å². The van der Waals surface area contributed by atoms with Crippen LogP contribution in [0.3, 0.4) is 0 Å². The average Bonchev–Trinajstić information content (AvgIpc) is 2.42. The summed E-state index contributed by atoms with van der Waals surface area (Å²) in [6.45, 7) is 4.16. The van der Waals surface area contributed by atoms with Crippen LogP contribution in [0.5, 0.6) is 0 Å². The molecule has 8 heteroatoms. The summed E-state index contributed by atoms with van der Waals surface area (Å²) in [7, 11) is -3.66. The standard InChI is InChI=1S/C12H26N4O3S/c1-2-10(7-13)6-12(17)16-5-3-4-11(9-16)8-15-20(14,18)19/h10-11,15H,2-9,13H2,1H3,(H2,14,18,19). The molecule has 118 valence electrons. The van der Waals surface area contributed by atoms with E-state index in [1.807, 2.05) is 11.8 Å². The first-order chi connectivity index (χ1) is 9.35. The minimum absolute atomic E-state index is 0.114. The lowest BCUT2D eigenvalue weighted by atomic mass is 9.96. The molecule has 0 radical (unpaired) electrons. The van der Waals surface area contributed by atoms with E-state index in [4.69, 9.17) is 10.9 Å². The van der Waals surface area contributed by atoms with Gasteiger partial charge in [0, 0.05) is 26.1 Å². The van der Waals surface area contributed by atoms with E-state index in [9.17, 15) is 13.2 Å². The fraction of sp³-hybridized carbons (Fsp3) is 0.917.